The summed E-state index contributed by atoms with van der Waals surface area (Å²) in [4.78, 5) is 10.9. The lowest BCUT2D eigenvalue weighted by Gasteiger charge is -2.31. The lowest BCUT2D eigenvalue weighted by Crippen LogP contribution is -2.34. The van der Waals surface area contributed by atoms with Crippen LogP contribution in [0, 0.1) is 0 Å². The molecule has 0 spiro atoms. The van der Waals surface area contributed by atoms with Crippen molar-refractivity contribution in [2.24, 2.45) is 0 Å². The summed E-state index contributed by atoms with van der Waals surface area (Å²) in [5.74, 6) is 0.492. The fourth-order valence-electron chi connectivity index (χ4n) is 3.23. The van der Waals surface area contributed by atoms with Gasteiger partial charge in [0.15, 0.2) is 0 Å². The van der Waals surface area contributed by atoms with Crippen molar-refractivity contribution >= 4 is 12.5 Å². The van der Waals surface area contributed by atoms with Crippen molar-refractivity contribution in [3.8, 4) is 0 Å². The number of ether oxygens (including phenoxy) is 1. The van der Waals surface area contributed by atoms with E-state index in [1.54, 1.807) is 7.11 Å². The second kappa shape index (κ2) is 12.0. The van der Waals surface area contributed by atoms with E-state index in [0.29, 0.717) is 24.6 Å². The first kappa shape index (κ1) is 20.9. The number of hydrogen-bond donors (Lipinski definition) is 2. The van der Waals surface area contributed by atoms with Crippen LogP contribution in [0.25, 0.3) is 0 Å². The first-order valence-corrected chi connectivity index (χ1v) is 9.20. The van der Waals surface area contributed by atoms with E-state index in [9.17, 15) is 0 Å². The Balaban J connectivity index is 0.000000817. The maximum atomic E-state index is 8.36. The van der Waals surface area contributed by atoms with Crippen LogP contribution in [0.5, 0.6) is 0 Å². The van der Waals surface area contributed by atoms with Crippen molar-refractivity contribution < 1.29 is 19.1 Å². The van der Waals surface area contributed by atoms with E-state index >= 15 is 0 Å². The Morgan fingerprint density at radius 3 is 2.52 bits per heavy atom. The monoisotopic (exact) mass is 376 g/mol. The summed E-state index contributed by atoms with van der Waals surface area (Å²) in [6, 6.07) is 11.4. The highest BCUT2D eigenvalue weighted by molar-refractivity contribution is 5.32. The lowest BCUT2D eigenvalue weighted by atomic mass is 10.0. The van der Waals surface area contributed by atoms with Crippen LogP contribution in [0.2, 0.25) is 0 Å². The Labute approximate surface area is 159 Å². The summed E-state index contributed by atoms with van der Waals surface area (Å²) < 4.78 is 10.6. The predicted octanol–water partition coefficient (Wildman–Crippen LogP) is 2.95. The Hall–Kier alpha value is -2.45. The van der Waals surface area contributed by atoms with E-state index in [4.69, 9.17) is 19.1 Å². The molecule has 1 atom stereocenters. The predicted molar refractivity (Wildman–Crippen MR) is 101 cm³/mol. The first-order valence-electron chi connectivity index (χ1n) is 9.20. The van der Waals surface area contributed by atoms with E-state index in [1.165, 1.54) is 31.2 Å². The normalized spacial score (nSPS) is 15.9. The number of hydrogen-bond acceptors (Lipinski definition) is 7. The third-order valence-electron chi connectivity index (χ3n) is 4.45. The van der Waals surface area contributed by atoms with Crippen molar-refractivity contribution in [2.45, 2.75) is 38.3 Å². The molecular formula is C19H28N4O4. The summed E-state index contributed by atoms with van der Waals surface area (Å²) in [6.45, 7) is 3.11. The second-order valence-electron chi connectivity index (χ2n) is 6.30. The number of nitrogens with zero attached hydrogens (tertiary/aromatic N) is 3. The summed E-state index contributed by atoms with van der Waals surface area (Å²) in [6.07, 6.45) is 5.19. The van der Waals surface area contributed by atoms with E-state index in [0.717, 1.165) is 19.6 Å². The number of benzene rings is 1. The molecule has 0 radical (unpaired) electrons. The molecule has 2 heterocycles. The minimum Gasteiger partial charge on any atom is -0.483 e. The molecule has 3 rings (SSSR count). The third kappa shape index (κ3) is 6.99. The van der Waals surface area contributed by atoms with E-state index < -0.39 is 0 Å². The summed E-state index contributed by atoms with van der Waals surface area (Å²) in [7, 11) is 1.61. The highest BCUT2D eigenvalue weighted by Gasteiger charge is 2.22. The van der Waals surface area contributed by atoms with Gasteiger partial charge in [-0.3, -0.25) is 9.69 Å². The van der Waals surface area contributed by atoms with E-state index in [-0.39, 0.29) is 6.47 Å². The van der Waals surface area contributed by atoms with Gasteiger partial charge in [-0.15, -0.1) is 5.10 Å². The van der Waals surface area contributed by atoms with Crippen LogP contribution >= 0.6 is 0 Å². The van der Waals surface area contributed by atoms with Gasteiger partial charge in [0.05, 0.1) is 6.04 Å². The van der Waals surface area contributed by atoms with Gasteiger partial charge in [0.25, 0.3) is 6.47 Å². The summed E-state index contributed by atoms with van der Waals surface area (Å²) in [5.41, 5.74) is 1.32. The van der Waals surface area contributed by atoms with Gasteiger partial charge < -0.3 is 19.6 Å². The Morgan fingerprint density at radius 2 is 1.89 bits per heavy atom. The zero-order chi connectivity index (χ0) is 19.3. The van der Waals surface area contributed by atoms with E-state index in [2.05, 4.69) is 50.7 Å². The molecule has 1 aliphatic heterocycles. The van der Waals surface area contributed by atoms with Gasteiger partial charge in [-0.1, -0.05) is 48.3 Å². The topological polar surface area (TPSA) is 101 Å². The zero-order valence-corrected chi connectivity index (χ0v) is 15.7. The average Bonchev–Trinajstić information content (AvgIpc) is 2.96. The molecule has 0 amide bonds. The molecule has 8 heteroatoms. The third-order valence-corrected chi connectivity index (χ3v) is 4.45. The van der Waals surface area contributed by atoms with Gasteiger partial charge in [0, 0.05) is 13.7 Å². The number of rotatable bonds is 7. The van der Waals surface area contributed by atoms with Crippen molar-refractivity contribution in [3.05, 3.63) is 41.8 Å². The van der Waals surface area contributed by atoms with Crippen LogP contribution in [-0.4, -0.2) is 53.4 Å². The van der Waals surface area contributed by atoms with Gasteiger partial charge in [-0.25, -0.2) is 0 Å². The number of carboxylic acid groups (broad SMARTS) is 1. The van der Waals surface area contributed by atoms with Crippen molar-refractivity contribution in [1.82, 2.24) is 15.1 Å². The molecule has 8 nitrogen and oxygen atoms in total. The van der Waals surface area contributed by atoms with Gasteiger partial charge in [-0.05, 0) is 31.5 Å². The molecule has 1 aliphatic rings. The van der Waals surface area contributed by atoms with Crippen molar-refractivity contribution in [2.75, 3.05) is 32.1 Å². The van der Waals surface area contributed by atoms with Gasteiger partial charge in [0.1, 0.15) is 6.61 Å². The van der Waals surface area contributed by atoms with Gasteiger partial charge in [0.2, 0.25) is 5.89 Å². The van der Waals surface area contributed by atoms with Crippen LogP contribution in [0.3, 0.4) is 0 Å². The molecule has 0 saturated carbocycles. The first-order chi connectivity index (χ1) is 13.3. The fourth-order valence-corrected chi connectivity index (χ4v) is 3.23. The fraction of sp³-hybridized carbons (Fsp3) is 0.526. The lowest BCUT2D eigenvalue weighted by molar-refractivity contribution is -0.122. The number of anilines is 1. The van der Waals surface area contributed by atoms with Crippen molar-refractivity contribution in [1.29, 1.82) is 0 Å². The molecule has 1 unspecified atom stereocenters. The number of likely N-dealkylation sites (tertiary alicyclic amines) is 1. The molecule has 148 valence electrons. The maximum absolute atomic E-state index is 8.36. The standard InChI is InChI=1S/C18H26N4O2.CH2O2/c1-23-14-17-20-21-18(24-17)19-13-16(15-9-5-4-6-10-15)22-11-7-2-3-8-12-22;2-1-3/h4-6,9-10,16H,2-3,7-8,11-14H2,1H3,(H,19,21);1H,(H,2,3). The van der Waals surface area contributed by atoms with Crippen molar-refractivity contribution in [3.63, 3.8) is 0 Å². The van der Waals surface area contributed by atoms with Crippen LogP contribution in [0.15, 0.2) is 34.7 Å². The number of carbonyl (C=O) groups is 1. The second-order valence-corrected chi connectivity index (χ2v) is 6.30. The number of nitrogens with one attached hydrogen (secondary N) is 1. The van der Waals surface area contributed by atoms with Crippen LogP contribution < -0.4 is 5.32 Å². The zero-order valence-electron chi connectivity index (χ0n) is 15.7. The molecule has 1 saturated heterocycles. The molecule has 1 aromatic heterocycles. The number of aromatic nitrogens is 2. The molecular weight excluding hydrogens is 348 g/mol. The van der Waals surface area contributed by atoms with E-state index in [1.807, 2.05) is 0 Å². The SMILES string of the molecule is COCc1nnc(NCC(c2ccccc2)N2CCCCCC2)o1.O=CO. The highest BCUT2D eigenvalue weighted by atomic mass is 16.5. The molecule has 1 aromatic carbocycles. The smallest absolute Gasteiger partial charge is 0.315 e. The molecule has 0 bridgehead atoms. The number of methoxy groups -OCH3 is 1. The Morgan fingerprint density at radius 1 is 1.22 bits per heavy atom. The summed E-state index contributed by atoms with van der Waals surface area (Å²) >= 11 is 0. The van der Waals surface area contributed by atoms with Gasteiger partial charge in [-0.2, -0.15) is 0 Å². The van der Waals surface area contributed by atoms with Crippen LogP contribution in [-0.2, 0) is 16.1 Å². The Kier molecular flexibility index (Phi) is 9.29. The van der Waals surface area contributed by atoms with Crippen LogP contribution in [0.1, 0.15) is 43.2 Å². The summed E-state index contributed by atoms with van der Waals surface area (Å²) in [5, 5.41) is 18.2. The highest BCUT2D eigenvalue weighted by Crippen LogP contribution is 2.24. The largest absolute Gasteiger partial charge is 0.483 e. The minimum absolute atomic E-state index is 0.250. The maximum Gasteiger partial charge on any atom is 0.315 e. The molecule has 0 aliphatic carbocycles. The molecule has 27 heavy (non-hydrogen) atoms. The Bertz CT molecular complexity index is 642. The van der Waals surface area contributed by atoms with Gasteiger partial charge >= 0.3 is 6.01 Å². The quantitative estimate of drug-likeness (QED) is 0.712. The van der Waals surface area contributed by atoms with Crippen LogP contribution in [0.4, 0.5) is 6.01 Å². The minimum atomic E-state index is -0.250. The molecule has 2 N–H and O–H groups in total. The average molecular weight is 376 g/mol. The molecule has 2 aromatic rings. The molecule has 1 fully saturated rings.